The molecule has 2 aliphatic rings. The van der Waals surface area contributed by atoms with E-state index in [2.05, 4.69) is 15.5 Å². The lowest BCUT2D eigenvalue weighted by Gasteiger charge is -2.33. The maximum atomic E-state index is 12.3. The van der Waals surface area contributed by atoms with Crippen molar-refractivity contribution in [3.8, 4) is 0 Å². The zero-order valence-electron chi connectivity index (χ0n) is 12.7. The van der Waals surface area contributed by atoms with Crippen LogP contribution in [0.15, 0.2) is 0 Å². The monoisotopic (exact) mass is 293 g/mol. The summed E-state index contributed by atoms with van der Waals surface area (Å²) in [6.45, 7) is 7.08. The van der Waals surface area contributed by atoms with Gasteiger partial charge < -0.3 is 15.0 Å². The first-order valence-electron chi connectivity index (χ1n) is 7.72. The summed E-state index contributed by atoms with van der Waals surface area (Å²) in [7, 11) is 0. The minimum Gasteiger partial charge on any atom is -0.374 e. The third kappa shape index (κ3) is 3.34. The molecule has 0 aromatic carbocycles. The Morgan fingerprint density at radius 2 is 2.24 bits per heavy atom. The molecule has 1 saturated carbocycles. The van der Waals surface area contributed by atoms with Gasteiger partial charge >= 0.3 is 6.03 Å². The number of ether oxygens (including phenoxy) is 1. The topological polar surface area (TPSA) is 72.3 Å². The maximum absolute atomic E-state index is 12.3. The highest BCUT2D eigenvalue weighted by Gasteiger charge is 2.36. The van der Waals surface area contributed by atoms with E-state index in [1.165, 1.54) is 12.8 Å². The Hall–Kier alpha value is -1.63. The molecule has 1 unspecified atom stereocenters. The van der Waals surface area contributed by atoms with Crippen LogP contribution in [0.5, 0.6) is 0 Å². The maximum Gasteiger partial charge on any atom is 0.317 e. The van der Waals surface area contributed by atoms with Crippen molar-refractivity contribution in [2.24, 2.45) is 5.92 Å². The predicted octanol–water partition coefficient (Wildman–Crippen LogP) is 0.927. The van der Waals surface area contributed by atoms with Crippen LogP contribution >= 0.6 is 0 Å². The van der Waals surface area contributed by atoms with E-state index in [1.807, 2.05) is 18.7 Å². The summed E-state index contributed by atoms with van der Waals surface area (Å²) in [6.07, 6.45) is 2.70. The van der Waals surface area contributed by atoms with Gasteiger partial charge in [-0.2, -0.15) is 15.0 Å². The average molecular weight is 293 g/mol. The highest BCUT2D eigenvalue weighted by molar-refractivity contribution is 5.74. The molecule has 1 aliphatic heterocycles. The fourth-order valence-electron chi connectivity index (χ4n) is 2.65. The van der Waals surface area contributed by atoms with Crippen molar-refractivity contribution in [1.82, 2.24) is 25.2 Å². The Kier molecular flexibility index (Phi) is 4.10. The van der Waals surface area contributed by atoms with Gasteiger partial charge in [-0.15, -0.1) is 0 Å². The number of urea groups is 1. The summed E-state index contributed by atoms with van der Waals surface area (Å²) in [5, 5.41) is 11.6. The molecular formula is C14H23N5O2. The SMILES string of the molecule is CCn1nc(C)c(CNC(=O)N2CCOC(C3CC3)C2)n1. The molecule has 0 spiro atoms. The van der Waals surface area contributed by atoms with Gasteiger partial charge in [-0.05, 0) is 32.6 Å². The molecule has 1 aliphatic carbocycles. The molecule has 1 aromatic heterocycles. The zero-order valence-corrected chi connectivity index (χ0v) is 12.7. The van der Waals surface area contributed by atoms with E-state index >= 15 is 0 Å². The lowest BCUT2D eigenvalue weighted by molar-refractivity contribution is -0.0252. The van der Waals surface area contributed by atoms with E-state index < -0.39 is 0 Å². The van der Waals surface area contributed by atoms with Crippen LogP contribution in [0, 0.1) is 12.8 Å². The third-order valence-corrected chi connectivity index (χ3v) is 4.14. The lowest BCUT2D eigenvalue weighted by atomic mass is 10.2. The minimum atomic E-state index is -0.0330. The first-order chi connectivity index (χ1) is 10.2. The normalized spacial score (nSPS) is 22.4. The molecule has 2 fully saturated rings. The number of aromatic nitrogens is 3. The van der Waals surface area contributed by atoms with Gasteiger partial charge in [0.1, 0.15) is 5.69 Å². The van der Waals surface area contributed by atoms with Gasteiger partial charge in [-0.3, -0.25) is 0 Å². The van der Waals surface area contributed by atoms with Crippen LogP contribution in [0.2, 0.25) is 0 Å². The van der Waals surface area contributed by atoms with Gasteiger partial charge in [0.25, 0.3) is 0 Å². The molecule has 1 aromatic rings. The number of amides is 2. The van der Waals surface area contributed by atoms with Crippen LogP contribution in [0.3, 0.4) is 0 Å². The van der Waals surface area contributed by atoms with Crippen LogP contribution in [0.25, 0.3) is 0 Å². The molecule has 1 saturated heterocycles. The second kappa shape index (κ2) is 6.01. The minimum absolute atomic E-state index is 0.0330. The quantitative estimate of drug-likeness (QED) is 0.896. The van der Waals surface area contributed by atoms with E-state index in [0.717, 1.165) is 17.9 Å². The summed E-state index contributed by atoms with van der Waals surface area (Å²) >= 11 is 0. The summed E-state index contributed by atoms with van der Waals surface area (Å²) in [5.74, 6) is 0.660. The van der Waals surface area contributed by atoms with Crippen LogP contribution in [-0.2, 0) is 17.8 Å². The molecule has 2 amide bonds. The molecule has 7 nitrogen and oxygen atoms in total. The predicted molar refractivity (Wildman–Crippen MR) is 76.7 cm³/mol. The van der Waals surface area contributed by atoms with Crippen molar-refractivity contribution in [2.45, 2.75) is 45.9 Å². The Bertz CT molecular complexity index is 511. The summed E-state index contributed by atoms with van der Waals surface area (Å²) in [6, 6.07) is -0.0330. The van der Waals surface area contributed by atoms with Crippen molar-refractivity contribution >= 4 is 6.03 Å². The molecule has 116 valence electrons. The summed E-state index contributed by atoms with van der Waals surface area (Å²) < 4.78 is 5.73. The number of hydrogen-bond donors (Lipinski definition) is 1. The highest BCUT2D eigenvalue weighted by Crippen LogP contribution is 2.35. The Labute approximate surface area is 124 Å². The number of aryl methyl sites for hydroxylation is 2. The van der Waals surface area contributed by atoms with E-state index in [9.17, 15) is 4.79 Å². The number of carbonyl (C=O) groups is 1. The van der Waals surface area contributed by atoms with Crippen LogP contribution in [-0.4, -0.2) is 51.7 Å². The summed E-state index contributed by atoms with van der Waals surface area (Å²) in [5.41, 5.74) is 1.70. The van der Waals surface area contributed by atoms with Gasteiger partial charge in [0, 0.05) is 13.1 Å². The van der Waals surface area contributed by atoms with Crippen LogP contribution in [0.4, 0.5) is 4.79 Å². The van der Waals surface area contributed by atoms with Gasteiger partial charge in [-0.25, -0.2) is 4.79 Å². The molecular weight excluding hydrogens is 270 g/mol. The van der Waals surface area contributed by atoms with E-state index in [1.54, 1.807) is 4.80 Å². The van der Waals surface area contributed by atoms with E-state index in [-0.39, 0.29) is 12.1 Å². The van der Waals surface area contributed by atoms with Crippen molar-refractivity contribution < 1.29 is 9.53 Å². The van der Waals surface area contributed by atoms with E-state index in [4.69, 9.17) is 4.74 Å². The number of nitrogens with one attached hydrogen (secondary N) is 1. The average Bonchev–Trinajstić information content (AvgIpc) is 3.29. The number of morpholine rings is 1. The second-order valence-corrected chi connectivity index (χ2v) is 5.77. The number of carbonyl (C=O) groups excluding carboxylic acids is 1. The number of nitrogens with zero attached hydrogens (tertiary/aromatic N) is 4. The molecule has 3 rings (SSSR count). The number of hydrogen-bond acceptors (Lipinski definition) is 4. The first kappa shape index (κ1) is 14.3. The molecule has 1 N–H and O–H groups in total. The molecule has 21 heavy (non-hydrogen) atoms. The van der Waals surface area contributed by atoms with Crippen molar-refractivity contribution in [2.75, 3.05) is 19.7 Å². The Morgan fingerprint density at radius 3 is 2.90 bits per heavy atom. The third-order valence-electron chi connectivity index (χ3n) is 4.14. The van der Waals surface area contributed by atoms with Gasteiger partial charge in [0.05, 0.1) is 31.5 Å². The zero-order chi connectivity index (χ0) is 14.8. The Morgan fingerprint density at radius 1 is 1.43 bits per heavy atom. The van der Waals surface area contributed by atoms with Gasteiger partial charge in [0.2, 0.25) is 0 Å². The fourth-order valence-corrected chi connectivity index (χ4v) is 2.65. The largest absolute Gasteiger partial charge is 0.374 e. The number of rotatable bonds is 4. The second-order valence-electron chi connectivity index (χ2n) is 5.77. The first-order valence-corrected chi connectivity index (χ1v) is 7.72. The standard InChI is InChI=1S/C14H23N5O2/c1-3-19-16-10(2)12(17-19)8-15-14(20)18-6-7-21-13(9-18)11-4-5-11/h11,13H,3-9H2,1-2H3,(H,15,20). The Balaban J connectivity index is 1.52. The highest BCUT2D eigenvalue weighted by atomic mass is 16.5. The fraction of sp³-hybridized carbons (Fsp3) is 0.786. The molecule has 2 heterocycles. The summed E-state index contributed by atoms with van der Waals surface area (Å²) in [4.78, 5) is 15.8. The van der Waals surface area contributed by atoms with Crippen molar-refractivity contribution in [3.63, 3.8) is 0 Å². The molecule has 0 radical (unpaired) electrons. The van der Waals surface area contributed by atoms with Crippen molar-refractivity contribution in [1.29, 1.82) is 0 Å². The smallest absolute Gasteiger partial charge is 0.317 e. The molecule has 7 heteroatoms. The van der Waals surface area contributed by atoms with E-state index in [0.29, 0.717) is 32.2 Å². The van der Waals surface area contributed by atoms with Gasteiger partial charge in [-0.1, -0.05) is 0 Å². The molecule has 1 atom stereocenters. The molecule has 0 bridgehead atoms. The van der Waals surface area contributed by atoms with Crippen molar-refractivity contribution in [3.05, 3.63) is 11.4 Å². The van der Waals surface area contributed by atoms with Gasteiger partial charge in [0.15, 0.2) is 0 Å². The lowest BCUT2D eigenvalue weighted by Crippen LogP contribution is -2.50. The van der Waals surface area contributed by atoms with Crippen LogP contribution in [0.1, 0.15) is 31.2 Å². The van der Waals surface area contributed by atoms with Crippen LogP contribution < -0.4 is 5.32 Å².